The van der Waals surface area contributed by atoms with Crippen molar-refractivity contribution in [3.63, 3.8) is 0 Å². The van der Waals surface area contributed by atoms with Crippen molar-refractivity contribution in [3.05, 3.63) is 59.5 Å². The maximum atomic E-state index is 13.4. The van der Waals surface area contributed by atoms with Crippen molar-refractivity contribution in [2.24, 2.45) is 7.05 Å². The standard InChI is InChI=1S/C19H19ClFN5O4S/c1-25-9-15(22-10-25)18-6-5-17(30-18)14-8-16(26(2)31(28,29)24-14)19(27)23-11-3-4-13(21)12(20)7-11/h3-7,9-10,14,16,24H,8H2,1-2H3,(H,23,27). The summed E-state index contributed by atoms with van der Waals surface area (Å²) in [5.41, 5.74) is 0.861. The Morgan fingerprint density at radius 1 is 1.32 bits per heavy atom. The van der Waals surface area contributed by atoms with Gasteiger partial charge >= 0.3 is 0 Å². The highest BCUT2D eigenvalue weighted by atomic mass is 35.5. The van der Waals surface area contributed by atoms with E-state index in [9.17, 15) is 17.6 Å². The molecule has 0 spiro atoms. The normalized spacial score (nSPS) is 21.2. The molecule has 3 aromatic rings. The molecule has 1 aromatic carbocycles. The highest BCUT2D eigenvalue weighted by Crippen LogP contribution is 2.32. The van der Waals surface area contributed by atoms with E-state index in [2.05, 4.69) is 15.0 Å². The van der Waals surface area contributed by atoms with Crippen LogP contribution >= 0.6 is 11.6 Å². The Balaban J connectivity index is 1.57. The van der Waals surface area contributed by atoms with E-state index in [0.717, 1.165) is 10.4 Å². The molecule has 12 heteroatoms. The Labute approximate surface area is 183 Å². The summed E-state index contributed by atoms with van der Waals surface area (Å²) in [5, 5.41) is 2.43. The summed E-state index contributed by atoms with van der Waals surface area (Å²) in [6.45, 7) is 0. The number of anilines is 1. The molecule has 0 saturated carbocycles. The highest BCUT2D eigenvalue weighted by Gasteiger charge is 2.41. The number of hydrogen-bond acceptors (Lipinski definition) is 5. The lowest BCUT2D eigenvalue weighted by Crippen LogP contribution is -2.55. The highest BCUT2D eigenvalue weighted by molar-refractivity contribution is 7.87. The lowest BCUT2D eigenvalue weighted by Gasteiger charge is -2.35. The van der Waals surface area contributed by atoms with Gasteiger partial charge in [0.05, 0.1) is 17.4 Å². The third kappa shape index (κ3) is 4.35. The van der Waals surface area contributed by atoms with Gasteiger partial charge in [-0.1, -0.05) is 11.6 Å². The molecular formula is C19H19ClFN5O4S. The molecule has 1 amide bonds. The quantitative estimate of drug-likeness (QED) is 0.613. The number of furan rings is 1. The van der Waals surface area contributed by atoms with Crippen LogP contribution in [0.4, 0.5) is 10.1 Å². The minimum absolute atomic E-state index is 0.117. The molecule has 4 rings (SSSR count). The van der Waals surface area contributed by atoms with E-state index in [4.69, 9.17) is 16.0 Å². The van der Waals surface area contributed by atoms with Crippen LogP contribution in [0.25, 0.3) is 11.5 Å². The number of likely N-dealkylation sites (N-methyl/N-ethyl adjacent to an activating group) is 1. The molecule has 1 saturated heterocycles. The van der Waals surface area contributed by atoms with Crippen LogP contribution in [-0.4, -0.2) is 41.3 Å². The zero-order valence-corrected chi connectivity index (χ0v) is 18.1. The number of aromatic nitrogens is 2. The summed E-state index contributed by atoms with van der Waals surface area (Å²) in [6.07, 6.45) is 3.51. The molecule has 1 fully saturated rings. The predicted octanol–water partition coefficient (Wildman–Crippen LogP) is 2.69. The predicted molar refractivity (Wildman–Crippen MR) is 112 cm³/mol. The molecule has 0 radical (unpaired) electrons. The lowest BCUT2D eigenvalue weighted by molar-refractivity contribution is -0.120. The molecule has 0 aliphatic carbocycles. The zero-order valence-electron chi connectivity index (χ0n) is 16.5. The summed E-state index contributed by atoms with van der Waals surface area (Å²) in [4.78, 5) is 17.1. The number of nitrogens with zero attached hydrogens (tertiary/aromatic N) is 3. The first-order chi connectivity index (χ1) is 14.6. The number of carbonyl (C=O) groups is 1. The number of imidazole rings is 1. The van der Waals surface area contributed by atoms with Gasteiger partial charge in [0, 0.05) is 26.0 Å². The number of hydrogen-bond donors (Lipinski definition) is 2. The first kappa shape index (κ1) is 21.5. The van der Waals surface area contributed by atoms with Crippen molar-refractivity contribution in [2.75, 3.05) is 12.4 Å². The monoisotopic (exact) mass is 467 g/mol. The van der Waals surface area contributed by atoms with Crippen LogP contribution in [0.15, 0.2) is 47.3 Å². The second-order valence-corrected chi connectivity index (χ2v) is 9.36. The Hall–Kier alpha value is -2.73. The van der Waals surface area contributed by atoms with Gasteiger partial charge in [0.1, 0.15) is 23.3 Å². The Morgan fingerprint density at radius 3 is 2.77 bits per heavy atom. The van der Waals surface area contributed by atoms with Gasteiger partial charge in [0.25, 0.3) is 10.2 Å². The van der Waals surface area contributed by atoms with Gasteiger partial charge in [-0.15, -0.1) is 0 Å². The maximum Gasteiger partial charge on any atom is 0.280 e. The molecule has 0 bridgehead atoms. The van der Waals surface area contributed by atoms with E-state index in [-0.39, 0.29) is 17.1 Å². The molecule has 9 nitrogen and oxygen atoms in total. The average molecular weight is 468 g/mol. The minimum atomic E-state index is -3.95. The van der Waals surface area contributed by atoms with Gasteiger partial charge in [-0.3, -0.25) is 4.79 Å². The largest absolute Gasteiger partial charge is 0.458 e. The van der Waals surface area contributed by atoms with Crippen molar-refractivity contribution < 1.29 is 22.0 Å². The van der Waals surface area contributed by atoms with Gasteiger partial charge < -0.3 is 14.3 Å². The van der Waals surface area contributed by atoms with Crippen molar-refractivity contribution in [1.82, 2.24) is 18.6 Å². The van der Waals surface area contributed by atoms with Crippen LogP contribution in [0.1, 0.15) is 18.2 Å². The summed E-state index contributed by atoms with van der Waals surface area (Å²) >= 11 is 5.75. The Morgan fingerprint density at radius 2 is 2.10 bits per heavy atom. The molecule has 2 unspecified atom stereocenters. The summed E-state index contributed by atoms with van der Waals surface area (Å²) < 4.78 is 49.6. The van der Waals surface area contributed by atoms with E-state index < -0.39 is 34.0 Å². The second kappa shape index (κ2) is 8.08. The molecule has 2 aromatic heterocycles. The smallest absolute Gasteiger partial charge is 0.280 e. The third-order valence-electron chi connectivity index (χ3n) is 4.99. The van der Waals surface area contributed by atoms with Crippen LogP contribution in [-0.2, 0) is 22.1 Å². The third-order valence-corrected chi connectivity index (χ3v) is 6.87. The Kier molecular flexibility index (Phi) is 5.60. The zero-order chi connectivity index (χ0) is 22.3. The van der Waals surface area contributed by atoms with Gasteiger partial charge in [0.2, 0.25) is 5.91 Å². The van der Waals surface area contributed by atoms with Crippen LogP contribution in [0.5, 0.6) is 0 Å². The fraction of sp³-hybridized carbons (Fsp3) is 0.263. The molecule has 1 aliphatic rings. The number of benzene rings is 1. The van der Waals surface area contributed by atoms with E-state index in [1.807, 2.05) is 7.05 Å². The van der Waals surface area contributed by atoms with Crippen molar-refractivity contribution >= 4 is 33.4 Å². The maximum absolute atomic E-state index is 13.4. The fourth-order valence-corrected chi connectivity index (χ4v) is 4.75. The summed E-state index contributed by atoms with van der Waals surface area (Å²) in [7, 11) is -0.825. The van der Waals surface area contributed by atoms with Gasteiger partial charge in [0.15, 0.2) is 5.76 Å². The molecule has 31 heavy (non-hydrogen) atoms. The molecule has 3 heterocycles. The van der Waals surface area contributed by atoms with E-state index in [0.29, 0.717) is 17.2 Å². The molecule has 2 N–H and O–H groups in total. The van der Waals surface area contributed by atoms with Crippen molar-refractivity contribution in [2.45, 2.75) is 18.5 Å². The van der Waals surface area contributed by atoms with E-state index in [1.165, 1.54) is 19.2 Å². The topological polar surface area (TPSA) is 109 Å². The molecular weight excluding hydrogens is 449 g/mol. The van der Waals surface area contributed by atoms with Gasteiger partial charge in [-0.05, 0) is 36.8 Å². The van der Waals surface area contributed by atoms with E-state index >= 15 is 0 Å². The lowest BCUT2D eigenvalue weighted by atomic mass is 10.0. The first-order valence-electron chi connectivity index (χ1n) is 9.23. The second-order valence-electron chi connectivity index (χ2n) is 7.19. The number of aryl methyl sites for hydroxylation is 1. The van der Waals surface area contributed by atoms with Crippen LogP contribution in [0.3, 0.4) is 0 Å². The molecule has 1 aliphatic heterocycles. The number of halogens is 2. The molecule has 164 valence electrons. The SMILES string of the molecule is CN1C(C(=O)Nc2ccc(F)c(Cl)c2)CC(c2ccc(-c3cn(C)cn3)o2)NS1(=O)=O. The van der Waals surface area contributed by atoms with Crippen molar-refractivity contribution in [3.8, 4) is 11.5 Å². The summed E-state index contributed by atoms with van der Waals surface area (Å²) in [5.74, 6) is -0.352. The molecule has 2 atom stereocenters. The number of carbonyl (C=O) groups excluding carboxylic acids is 1. The van der Waals surface area contributed by atoms with E-state index in [1.54, 1.807) is 29.2 Å². The number of rotatable bonds is 4. The minimum Gasteiger partial charge on any atom is -0.458 e. The van der Waals surface area contributed by atoms with Crippen molar-refractivity contribution in [1.29, 1.82) is 0 Å². The van der Waals surface area contributed by atoms with Crippen LogP contribution in [0, 0.1) is 5.82 Å². The number of amides is 1. The Bertz CT molecular complexity index is 1240. The van der Waals surface area contributed by atoms with Crippen LogP contribution < -0.4 is 10.0 Å². The van der Waals surface area contributed by atoms with Gasteiger partial charge in [-0.25, -0.2) is 9.37 Å². The number of nitrogens with one attached hydrogen (secondary N) is 2. The summed E-state index contributed by atoms with van der Waals surface area (Å²) in [6, 6.07) is 5.28. The average Bonchev–Trinajstić information content (AvgIpc) is 3.35. The fourth-order valence-electron chi connectivity index (χ4n) is 3.31. The first-order valence-corrected chi connectivity index (χ1v) is 11.0. The van der Waals surface area contributed by atoms with Gasteiger partial charge in [-0.2, -0.15) is 17.4 Å². The van der Waals surface area contributed by atoms with Crippen LogP contribution in [0.2, 0.25) is 5.02 Å².